The van der Waals surface area contributed by atoms with Crippen molar-refractivity contribution >= 4 is 12.4 Å². The third kappa shape index (κ3) is 3.33. The van der Waals surface area contributed by atoms with Crippen molar-refractivity contribution in [1.82, 2.24) is 4.90 Å². The summed E-state index contributed by atoms with van der Waals surface area (Å²) >= 11 is 0. The van der Waals surface area contributed by atoms with Crippen LogP contribution < -0.4 is 0 Å². The Balaban J connectivity index is 0.00000147. The molecule has 1 heterocycles. The van der Waals surface area contributed by atoms with Gasteiger partial charge in [0.1, 0.15) is 5.75 Å². The molecule has 0 radical (unpaired) electrons. The Bertz CT molecular complexity index is 550. The average Bonchev–Trinajstić information content (AvgIpc) is 2.95. The van der Waals surface area contributed by atoms with Gasteiger partial charge in [-0.2, -0.15) is 0 Å². The van der Waals surface area contributed by atoms with E-state index in [0.29, 0.717) is 5.75 Å². The number of hydrogen-bond donors (Lipinski definition) is 1. The molecule has 0 bridgehead atoms. The number of benzene rings is 2. The lowest BCUT2D eigenvalue weighted by Gasteiger charge is -2.16. The molecule has 1 aliphatic heterocycles. The topological polar surface area (TPSA) is 23.5 Å². The number of hydrogen-bond acceptors (Lipinski definition) is 2. The smallest absolute Gasteiger partial charge is 0.120 e. The van der Waals surface area contributed by atoms with E-state index in [4.69, 9.17) is 0 Å². The highest BCUT2D eigenvalue weighted by Gasteiger charge is 2.14. The van der Waals surface area contributed by atoms with E-state index >= 15 is 0 Å². The van der Waals surface area contributed by atoms with Crippen LogP contribution >= 0.6 is 12.4 Å². The van der Waals surface area contributed by atoms with Gasteiger partial charge in [0.15, 0.2) is 0 Å². The molecule has 0 amide bonds. The number of rotatable bonds is 3. The summed E-state index contributed by atoms with van der Waals surface area (Å²) in [4.78, 5) is 2.41. The zero-order valence-electron chi connectivity index (χ0n) is 11.5. The number of nitrogens with zero attached hydrogens (tertiary/aromatic N) is 1. The molecule has 0 atom stereocenters. The summed E-state index contributed by atoms with van der Waals surface area (Å²) in [6, 6.07) is 16.2. The van der Waals surface area contributed by atoms with Crippen LogP contribution in [-0.2, 0) is 6.54 Å². The quantitative estimate of drug-likeness (QED) is 0.920. The highest BCUT2D eigenvalue weighted by molar-refractivity contribution is 5.85. The predicted octanol–water partition coefficient (Wildman–Crippen LogP) is 4.08. The second-order valence-electron chi connectivity index (χ2n) is 5.19. The van der Waals surface area contributed by atoms with E-state index in [1.807, 2.05) is 30.3 Å². The van der Waals surface area contributed by atoms with Crippen molar-refractivity contribution in [2.75, 3.05) is 13.1 Å². The number of halogens is 1. The van der Waals surface area contributed by atoms with Gasteiger partial charge in [0.2, 0.25) is 0 Å². The van der Waals surface area contributed by atoms with Gasteiger partial charge in [0, 0.05) is 12.1 Å². The third-order valence-corrected chi connectivity index (χ3v) is 3.78. The predicted molar refractivity (Wildman–Crippen MR) is 85.3 cm³/mol. The second-order valence-corrected chi connectivity index (χ2v) is 5.19. The molecule has 3 rings (SSSR count). The summed E-state index contributed by atoms with van der Waals surface area (Å²) in [5.41, 5.74) is 3.40. The zero-order chi connectivity index (χ0) is 13.1. The van der Waals surface area contributed by atoms with Crippen molar-refractivity contribution in [2.45, 2.75) is 19.4 Å². The Morgan fingerprint density at radius 1 is 0.900 bits per heavy atom. The lowest BCUT2D eigenvalue weighted by atomic mass is 10.0. The van der Waals surface area contributed by atoms with Gasteiger partial charge in [-0.15, -0.1) is 12.4 Å². The third-order valence-electron chi connectivity index (χ3n) is 3.78. The molecule has 0 aliphatic carbocycles. The Morgan fingerprint density at radius 3 is 2.30 bits per heavy atom. The van der Waals surface area contributed by atoms with Gasteiger partial charge in [-0.1, -0.05) is 36.4 Å². The van der Waals surface area contributed by atoms with E-state index < -0.39 is 0 Å². The van der Waals surface area contributed by atoms with Crippen LogP contribution in [0.1, 0.15) is 18.4 Å². The van der Waals surface area contributed by atoms with Crippen LogP contribution in [0.4, 0.5) is 0 Å². The van der Waals surface area contributed by atoms with Crippen LogP contribution in [0.2, 0.25) is 0 Å². The van der Waals surface area contributed by atoms with Gasteiger partial charge >= 0.3 is 0 Å². The molecule has 1 aliphatic rings. The molecule has 0 saturated carbocycles. The molecular formula is C17H20ClNO. The number of phenolic OH excluding ortho intramolecular Hbond substituents is 1. The molecule has 0 unspecified atom stereocenters. The van der Waals surface area contributed by atoms with Gasteiger partial charge in [-0.25, -0.2) is 0 Å². The first-order valence-electron chi connectivity index (χ1n) is 6.92. The van der Waals surface area contributed by atoms with Crippen LogP contribution in [0.25, 0.3) is 11.1 Å². The molecule has 1 saturated heterocycles. The minimum atomic E-state index is 0. The Kier molecular flexibility index (Phi) is 5.05. The minimum Gasteiger partial charge on any atom is -0.508 e. The molecule has 20 heavy (non-hydrogen) atoms. The van der Waals surface area contributed by atoms with E-state index in [1.165, 1.54) is 24.0 Å². The molecule has 0 aromatic heterocycles. The van der Waals surface area contributed by atoms with Gasteiger partial charge in [-0.3, -0.25) is 4.90 Å². The monoisotopic (exact) mass is 289 g/mol. The Labute approximate surface area is 126 Å². The molecule has 1 N–H and O–H groups in total. The zero-order valence-corrected chi connectivity index (χ0v) is 12.3. The second kappa shape index (κ2) is 6.78. The largest absolute Gasteiger partial charge is 0.508 e. The van der Waals surface area contributed by atoms with E-state index in [0.717, 1.165) is 25.2 Å². The summed E-state index contributed by atoms with van der Waals surface area (Å²) in [6.07, 6.45) is 2.55. The first-order valence-corrected chi connectivity index (χ1v) is 6.92. The van der Waals surface area contributed by atoms with E-state index in [2.05, 4.69) is 23.1 Å². The van der Waals surface area contributed by atoms with Gasteiger partial charge in [0.25, 0.3) is 0 Å². The highest BCUT2D eigenvalue weighted by Crippen LogP contribution is 2.27. The Morgan fingerprint density at radius 2 is 1.60 bits per heavy atom. The van der Waals surface area contributed by atoms with Gasteiger partial charge < -0.3 is 5.11 Å². The average molecular weight is 290 g/mol. The summed E-state index contributed by atoms with van der Waals surface area (Å²) in [5.74, 6) is 0.409. The molecule has 2 aromatic carbocycles. The van der Waals surface area contributed by atoms with E-state index in [-0.39, 0.29) is 12.4 Å². The lowest BCUT2D eigenvalue weighted by molar-refractivity contribution is 0.324. The lowest BCUT2D eigenvalue weighted by Crippen LogP contribution is -2.18. The van der Waals surface area contributed by atoms with Crippen molar-refractivity contribution in [3.05, 3.63) is 54.1 Å². The minimum absolute atomic E-state index is 0. The molecule has 3 heteroatoms. The highest BCUT2D eigenvalue weighted by atomic mass is 35.5. The van der Waals surface area contributed by atoms with Crippen LogP contribution in [0, 0.1) is 0 Å². The van der Waals surface area contributed by atoms with Crippen molar-refractivity contribution in [3.8, 4) is 16.9 Å². The summed E-state index contributed by atoms with van der Waals surface area (Å²) in [6.45, 7) is 3.15. The number of likely N-dealkylation sites (tertiary alicyclic amines) is 1. The standard InChI is InChI=1S/C17H19NO.ClH/c19-17-9-8-15(14-6-2-1-3-7-14)12-16(17)13-18-10-4-5-11-18;/h1-3,6-9,12,19H,4-5,10-11,13H2;1H. The summed E-state index contributed by atoms with van der Waals surface area (Å²) in [5, 5.41) is 10.0. The maximum atomic E-state index is 10.0. The van der Waals surface area contributed by atoms with Crippen LogP contribution in [-0.4, -0.2) is 23.1 Å². The fourth-order valence-corrected chi connectivity index (χ4v) is 2.70. The van der Waals surface area contributed by atoms with Crippen molar-refractivity contribution in [1.29, 1.82) is 0 Å². The van der Waals surface area contributed by atoms with E-state index in [1.54, 1.807) is 0 Å². The first-order chi connectivity index (χ1) is 9.33. The van der Waals surface area contributed by atoms with Crippen molar-refractivity contribution < 1.29 is 5.11 Å². The molecule has 2 nitrogen and oxygen atoms in total. The molecular weight excluding hydrogens is 270 g/mol. The summed E-state index contributed by atoms with van der Waals surface area (Å²) in [7, 11) is 0. The Hall–Kier alpha value is -1.51. The SMILES string of the molecule is Cl.Oc1ccc(-c2ccccc2)cc1CN1CCCC1. The molecule has 2 aromatic rings. The maximum absolute atomic E-state index is 10.0. The molecule has 0 spiro atoms. The summed E-state index contributed by atoms with van der Waals surface area (Å²) < 4.78 is 0. The van der Waals surface area contributed by atoms with E-state index in [9.17, 15) is 5.11 Å². The van der Waals surface area contributed by atoms with Gasteiger partial charge in [0.05, 0.1) is 0 Å². The van der Waals surface area contributed by atoms with Crippen molar-refractivity contribution in [3.63, 3.8) is 0 Å². The maximum Gasteiger partial charge on any atom is 0.120 e. The number of aromatic hydroxyl groups is 1. The number of phenols is 1. The fraction of sp³-hybridized carbons (Fsp3) is 0.294. The molecule has 106 valence electrons. The first kappa shape index (κ1) is 14.9. The normalized spacial score (nSPS) is 15.0. The van der Waals surface area contributed by atoms with Crippen LogP contribution in [0.3, 0.4) is 0 Å². The molecule has 1 fully saturated rings. The fourth-order valence-electron chi connectivity index (χ4n) is 2.70. The van der Waals surface area contributed by atoms with Crippen LogP contribution in [0.15, 0.2) is 48.5 Å². The van der Waals surface area contributed by atoms with Gasteiger partial charge in [-0.05, 0) is 49.2 Å². The van der Waals surface area contributed by atoms with Crippen molar-refractivity contribution in [2.24, 2.45) is 0 Å². The van der Waals surface area contributed by atoms with Crippen LogP contribution in [0.5, 0.6) is 5.75 Å².